The summed E-state index contributed by atoms with van der Waals surface area (Å²) >= 11 is 6.19. The van der Waals surface area contributed by atoms with Crippen molar-refractivity contribution >= 4 is 23.3 Å². The third-order valence-electron chi connectivity index (χ3n) is 4.65. The molecule has 0 radical (unpaired) electrons. The normalized spacial score (nSPS) is 16.7. The molecule has 0 spiro atoms. The number of ether oxygens (including phenoxy) is 2. The molecule has 1 aliphatic rings. The van der Waals surface area contributed by atoms with Gasteiger partial charge in [0.2, 0.25) is 0 Å². The molecule has 1 N–H and O–H groups in total. The Labute approximate surface area is 157 Å². The lowest BCUT2D eigenvalue weighted by molar-refractivity contribution is 0.206. The van der Waals surface area contributed by atoms with Gasteiger partial charge in [0.1, 0.15) is 17.3 Å². The van der Waals surface area contributed by atoms with Gasteiger partial charge >= 0.3 is 6.03 Å². The Kier molecular flexibility index (Phi) is 5.27. The van der Waals surface area contributed by atoms with Gasteiger partial charge in [0, 0.05) is 18.2 Å². The minimum Gasteiger partial charge on any atom is -0.495 e. The molecular formula is C18H22ClN3O4. The summed E-state index contributed by atoms with van der Waals surface area (Å²) in [6, 6.07) is 3.00. The number of benzene rings is 1. The molecule has 2 amide bonds. The highest BCUT2D eigenvalue weighted by Crippen LogP contribution is 2.38. The zero-order valence-electron chi connectivity index (χ0n) is 15.3. The number of urea groups is 1. The summed E-state index contributed by atoms with van der Waals surface area (Å²) in [5.74, 6) is 1.71. The Morgan fingerprint density at radius 2 is 2.04 bits per heavy atom. The highest BCUT2D eigenvalue weighted by atomic mass is 35.5. The number of halogens is 1. The first-order chi connectivity index (χ1) is 12.5. The van der Waals surface area contributed by atoms with E-state index in [-0.39, 0.29) is 12.1 Å². The highest BCUT2D eigenvalue weighted by Gasteiger charge is 2.34. The van der Waals surface area contributed by atoms with Gasteiger partial charge in [-0.25, -0.2) is 4.79 Å². The molecule has 8 heteroatoms. The molecule has 7 nitrogen and oxygen atoms in total. The second kappa shape index (κ2) is 7.45. The van der Waals surface area contributed by atoms with Crippen LogP contribution in [0.1, 0.15) is 35.9 Å². The predicted molar refractivity (Wildman–Crippen MR) is 98.2 cm³/mol. The highest BCUT2D eigenvalue weighted by molar-refractivity contribution is 6.32. The van der Waals surface area contributed by atoms with Crippen LogP contribution >= 0.6 is 11.6 Å². The molecule has 2 heterocycles. The molecule has 1 unspecified atom stereocenters. The molecule has 1 saturated heterocycles. The number of amides is 2. The average molecular weight is 380 g/mol. The van der Waals surface area contributed by atoms with E-state index >= 15 is 0 Å². The number of hydrogen-bond donors (Lipinski definition) is 1. The van der Waals surface area contributed by atoms with E-state index in [0.29, 0.717) is 28.8 Å². The second-order valence-electron chi connectivity index (χ2n) is 6.21. The summed E-state index contributed by atoms with van der Waals surface area (Å²) in [4.78, 5) is 14.7. The van der Waals surface area contributed by atoms with E-state index in [1.54, 1.807) is 17.0 Å². The lowest BCUT2D eigenvalue weighted by atomic mass is 10.0. The Balaban J connectivity index is 1.85. The van der Waals surface area contributed by atoms with Crippen LogP contribution in [0.25, 0.3) is 0 Å². The van der Waals surface area contributed by atoms with Crippen LogP contribution in [-0.2, 0) is 0 Å². The average Bonchev–Trinajstić information content (AvgIpc) is 3.21. The summed E-state index contributed by atoms with van der Waals surface area (Å²) in [7, 11) is 3.05. The number of likely N-dealkylation sites (tertiary alicyclic amines) is 1. The smallest absolute Gasteiger partial charge is 0.322 e. The van der Waals surface area contributed by atoms with E-state index in [4.69, 9.17) is 25.6 Å². The third-order valence-corrected chi connectivity index (χ3v) is 4.95. The van der Waals surface area contributed by atoms with Crippen LogP contribution in [-0.4, -0.2) is 36.9 Å². The van der Waals surface area contributed by atoms with Gasteiger partial charge in [-0.2, -0.15) is 0 Å². The van der Waals surface area contributed by atoms with Crippen molar-refractivity contribution in [2.45, 2.75) is 32.7 Å². The summed E-state index contributed by atoms with van der Waals surface area (Å²) < 4.78 is 15.8. The van der Waals surface area contributed by atoms with Crippen LogP contribution in [0.15, 0.2) is 16.7 Å². The van der Waals surface area contributed by atoms with Crippen LogP contribution < -0.4 is 14.8 Å². The van der Waals surface area contributed by atoms with Gasteiger partial charge in [0.05, 0.1) is 36.7 Å². The Hall–Kier alpha value is -2.41. The van der Waals surface area contributed by atoms with Crippen LogP contribution in [0.5, 0.6) is 11.5 Å². The third kappa shape index (κ3) is 3.31. The number of carbonyl (C=O) groups excluding carboxylic acids is 1. The number of nitrogens with zero attached hydrogens (tertiary/aromatic N) is 2. The first-order valence-electron chi connectivity index (χ1n) is 8.38. The van der Waals surface area contributed by atoms with Crippen molar-refractivity contribution in [3.05, 3.63) is 34.2 Å². The van der Waals surface area contributed by atoms with Gasteiger partial charge < -0.3 is 24.2 Å². The first kappa shape index (κ1) is 18.4. The van der Waals surface area contributed by atoms with Gasteiger partial charge in [-0.05, 0) is 32.8 Å². The van der Waals surface area contributed by atoms with Crippen molar-refractivity contribution in [3.63, 3.8) is 0 Å². The molecule has 1 fully saturated rings. The monoisotopic (exact) mass is 379 g/mol. The van der Waals surface area contributed by atoms with E-state index in [1.165, 1.54) is 14.2 Å². The zero-order valence-corrected chi connectivity index (χ0v) is 16.0. The van der Waals surface area contributed by atoms with E-state index in [2.05, 4.69) is 10.5 Å². The fraction of sp³-hybridized carbons (Fsp3) is 0.444. The molecular weight excluding hydrogens is 358 g/mol. The van der Waals surface area contributed by atoms with Gasteiger partial charge in [0.25, 0.3) is 0 Å². The van der Waals surface area contributed by atoms with Crippen LogP contribution in [0, 0.1) is 13.8 Å². The molecule has 2 aromatic rings. The summed E-state index contributed by atoms with van der Waals surface area (Å²) in [5.41, 5.74) is 2.29. The Bertz CT molecular complexity index is 802. The van der Waals surface area contributed by atoms with Crippen molar-refractivity contribution in [1.82, 2.24) is 10.1 Å². The van der Waals surface area contributed by atoms with Gasteiger partial charge in [0.15, 0.2) is 0 Å². The van der Waals surface area contributed by atoms with Gasteiger partial charge in [-0.1, -0.05) is 16.8 Å². The first-order valence-corrected chi connectivity index (χ1v) is 8.76. The minimum atomic E-state index is -0.216. The summed E-state index contributed by atoms with van der Waals surface area (Å²) in [6.45, 7) is 4.43. The van der Waals surface area contributed by atoms with E-state index < -0.39 is 0 Å². The molecule has 0 bridgehead atoms. The fourth-order valence-corrected chi connectivity index (χ4v) is 3.66. The van der Waals surface area contributed by atoms with Crippen molar-refractivity contribution in [2.75, 3.05) is 26.1 Å². The molecule has 3 rings (SSSR count). The number of carbonyl (C=O) groups is 1. The second-order valence-corrected chi connectivity index (χ2v) is 6.61. The van der Waals surface area contributed by atoms with Crippen LogP contribution in [0.2, 0.25) is 5.02 Å². The lowest BCUT2D eigenvalue weighted by Gasteiger charge is -2.25. The van der Waals surface area contributed by atoms with Gasteiger partial charge in [-0.15, -0.1) is 0 Å². The molecule has 1 aromatic heterocycles. The standard InChI is InChI=1S/C18H22ClN3O4/c1-10-17(11(2)26-21-10)14-6-5-7-22(14)18(23)20-13-8-12(19)15(24-3)9-16(13)25-4/h8-9,14H,5-7H2,1-4H3,(H,20,23). The Morgan fingerprint density at radius 3 is 2.65 bits per heavy atom. The topological polar surface area (TPSA) is 76.8 Å². The fourth-order valence-electron chi connectivity index (χ4n) is 3.42. The van der Waals surface area contributed by atoms with Crippen molar-refractivity contribution in [3.8, 4) is 11.5 Å². The molecule has 0 saturated carbocycles. The van der Waals surface area contributed by atoms with Gasteiger partial charge in [-0.3, -0.25) is 0 Å². The molecule has 0 aliphatic carbocycles. The molecule has 1 aromatic carbocycles. The van der Waals surface area contributed by atoms with Crippen molar-refractivity contribution in [2.24, 2.45) is 0 Å². The minimum absolute atomic E-state index is 0.0547. The number of aryl methyl sites for hydroxylation is 2. The van der Waals surface area contributed by atoms with E-state index in [9.17, 15) is 4.79 Å². The zero-order chi connectivity index (χ0) is 18.8. The maximum Gasteiger partial charge on any atom is 0.322 e. The molecule has 1 aliphatic heterocycles. The molecule has 26 heavy (non-hydrogen) atoms. The van der Waals surface area contributed by atoms with Crippen LogP contribution in [0.4, 0.5) is 10.5 Å². The van der Waals surface area contributed by atoms with Crippen LogP contribution in [0.3, 0.4) is 0 Å². The van der Waals surface area contributed by atoms with Crippen molar-refractivity contribution in [1.29, 1.82) is 0 Å². The summed E-state index contributed by atoms with van der Waals surface area (Å²) in [5, 5.41) is 7.30. The van der Waals surface area contributed by atoms with E-state index in [0.717, 1.165) is 29.9 Å². The SMILES string of the molecule is COc1cc(OC)c(NC(=O)N2CCCC2c2c(C)noc2C)cc1Cl. The lowest BCUT2D eigenvalue weighted by Crippen LogP contribution is -2.34. The Morgan fingerprint density at radius 1 is 1.31 bits per heavy atom. The number of anilines is 1. The number of nitrogens with one attached hydrogen (secondary N) is 1. The molecule has 1 atom stereocenters. The number of methoxy groups -OCH3 is 2. The summed E-state index contributed by atoms with van der Waals surface area (Å²) in [6.07, 6.45) is 1.79. The van der Waals surface area contributed by atoms with Crippen molar-refractivity contribution < 1.29 is 18.8 Å². The van der Waals surface area contributed by atoms with E-state index in [1.807, 2.05) is 13.8 Å². The quantitative estimate of drug-likeness (QED) is 0.855. The maximum atomic E-state index is 12.9. The molecule has 140 valence electrons. The predicted octanol–water partition coefficient (Wildman–Crippen LogP) is 4.33. The number of hydrogen-bond acceptors (Lipinski definition) is 5. The maximum absolute atomic E-state index is 12.9. The number of aromatic nitrogens is 1. The largest absolute Gasteiger partial charge is 0.495 e. The number of rotatable bonds is 4.